The Labute approximate surface area is 134 Å². The molecule has 0 bridgehead atoms. The second-order valence-corrected chi connectivity index (χ2v) is 5.84. The van der Waals surface area contributed by atoms with Gasteiger partial charge < -0.3 is 14.6 Å². The van der Waals surface area contributed by atoms with Gasteiger partial charge in [-0.1, -0.05) is 42.5 Å². The summed E-state index contributed by atoms with van der Waals surface area (Å²) in [5.41, 5.74) is 4.98. The fourth-order valence-electron chi connectivity index (χ4n) is 3.20. The van der Waals surface area contributed by atoms with Crippen LogP contribution in [-0.2, 0) is 0 Å². The van der Waals surface area contributed by atoms with E-state index in [1.807, 2.05) is 24.3 Å². The van der Waals surface area contributed by atoms with Crippen LogP contribution in [0, 0.1) is 6.92 Å². The molecule has 1 aromatic heterocycles. The van der Waals surface area contributed by atoms with Gasteiger partial charge in [-0.25, -0.2) is 0 Å². The summed E-state index contributed by atoms with van der Waals surface area (Å²) in [5.74, 6) is 0. The topological polar surface area (TPSA) is 45.4 Å². The van der Waals surface area contributed by atoms with E-state index in [1.165, 1.54) is 5.56 Å². The van der Waals surface area contributed by atoms with Gasteiger partial charge in [0.1, 0.15) is 0 Å². The largest absolute Gasteiger partial charge is 0.488 e. The molecule has 23 heavy (non-hydrogen) atoms. The van der Waals surface area contributed by atoms with Gasteiger partial charge in [0, 0.05) is 16.5 Å². The maximum Gasteiger partial charge on any atom is 0.488 e. The Kier molecular flexibility index (Phi) is 3.22. The van der Waals surface area contributed by atoms with Crippen molar-refractivity contribution in [2.75, 3.05) is 0 Å². The Hall–Kier alpha value is -2.56. The Balaban J connectivity index is 2.13. The molecule has 4 rings (SSSR count). The van der Waals surface area contributed by atoms with Gasteiger partial charge in [0.25, 0.3) is 0 Å². The summed E-state index contributed by atoms with van der Waals surface area (Å²) in [5, 5.41) is 21.1. The number of rotatable bonds is 2. The van der Waals surface area contributed by atoms with Crippen molar-refractivity contribution >= 4 is 34.4 Å². The lowest BCUT2D eigenvalue weighted by Gasteiger charge is -2.09. The Bertz CT molecular complexity index is 1020. The molecule has 3 nitrogen and oxygen atoms in total. The second-order valence-electron chi connectivity index (χ2n) is 5.84. The van der Waals surface area contributed by atoms with E-state index in [4.69, 9.17) is 0 Å². The summed E-state index contributed by atoms with van der Waals surface area (Å²) in [6.45, 7) is 2.08. The van der Waals surface area contributed by atoms with Crippen LogP contribution in [0.3, 0.4) is 0 Å². The summed E-state index contributed by atoms with van der Waals surface area (Å²) in [6.07, 6.45) is 0. The van der Waals surface area contributed by atoms with E-state index in [2.05, 4.69) is 47.9 Å². The zero-order chi connectivity index (χ0) is 16.0. The average molecular weight is 301 g/mol. The van der Waals surface area contributed by atoms with Crippen molar-refractivity contribution in [3.05, 3.63) is 72.3 Å². The first-order chi connectivity index (χ1) is 11.1. The highest BCUT2D eigenvalue weighted by molar-refractivity contribution is 6.59. The lowest BCUT2D eigenvalue weighted by atomic mass is 9.80. The fraction of sp³-hybridized carbons (Fsp3) is 0.0526. The summed E-state index contributed by atoms with van der Waals surface area (Å²) < 4.78 is 2.21. The molecule has 0 fully saturated rings. The third kappa shape index (κ3) is 2.24. The first-order valence-electron chi connectivity index (χ1n) is 7.61. The quantitative estimate of drug-likeness (QED) is 0.559. The van der Waals surface area contributed by atoms with E-state index < -0.39 is 7.12 Å². The molecule has 0 radical (unpaired) electrons. The Morgan fingerprint density at radius 3 is 2.35 bits per heavy atom. The number of nitrogens with zero attached hydrogens (tertiary/aromatic N) is 1. The lowest BCUT2D eigenvalue weighted by molar-refractivity contribution is 0.426. The summed E-state index contributed by atoms with van der Waals surface area (Å²) in [4.78, 5) is 0. The number of benzene rings is 3. The molecule has 2 N–H and O–H groups in total. The van der Waals surface area contributed by atoms with Gasteiger partial charge in [-0.05, 0) is 42.2 Å². The predicted octanol–water partition coefficient (Wildman–Crippen LogP) is 2.77. The molecule has 4 heteroatoms. The molecule has 0 aliphatic carbocycles. The highest BCUT2D eigenvalue weighted by Crippen LogP contribution is 2.31. The molecular weight excluding hydrogens is 285 g/mol. The number of aromatic nitrogens is 1. The van der Waals surface area contributed by atoms with Crippen LogP contribution in [0.25, 0.3) is 27.5 Å². The van der Waals surface area contributed by atoms with Crippen LogP contribution in [0.5, 0.6) is 0 Å². The maximum absolute atomic E-state index is 9.46. The van der Waals surface area contributed by atoms with Crippen molar-refractivity contribution in [2.45, 2.75) is 6.92 Å². The van der Waals surface area contributed by atoms with Crippen molar-refractivity contribution in [1.29, 1.82) is 0 Å². The normalized spacial score (nSPS) is 11.3. The molecule has 0 amide bonds. The first kappa shape index (κ1) is 14.1. The van der Waals surface area contributed by atoms with E-state index in [-0.39, 0.29) is 0 Å². The smallest absolute Gasteiger partial charge is 0.423 e. The molecule has 0 saturated heterocycles. The van der Waals surface area contributed by atoms with Gasteiger partial charge in [0.05, 0.1) is 11.0 Å². The van der Waals surface area contributed by atoms with Gasteiger partial charge in [-0.15, -0.1) is 0 Å². The fourth-order valence-corrected chi connectivity index (χ4v) is 3.20. The van der Waals surface area contributed by atoms with Crippen LogP contribution in [-0.4, -0.2) is 21.7 Å². The molecule has 112 valence electrons. The molecule has 0 spiro atoms. The molecular formula is C19H16BNO2. The number of hydrogen-bond acceptors (Lipinski definition) is 2. The third-order valence-corrected chi connectivity index (χ3v) is 4.25. The molecule has 0 atom stereocenters. The molecule has 0 aliphatic heterocycles. The van der Waals surface area contributed by atoms with E-state index in [9.17, 15) is 10.0 Å². The summed E-state index contributed by atoms with van der Waals surface area (Å²) in [7, 11) is -1.46. The van der Waals surface area contributed by atoms with Crippen LogP contribution in [0.15, 0.2) is 66.7 Å². The standard InChI is InChI=1S/C19H16BNO2/c1-13-5-4-6-15(11-13)21-18-8-3-2-7-16(18)17-12-14(20(22)23)9-10-19(17)21/h2-12,22-23H,1H3. The van der Waals surface area contributed by atoms with Crippen molar-refractivity contribution < 1.29 is 10.0 Å². The van der Waals surface area contributed by atoms with Crippen LogP contribution in [0.2, 0.25) is 0 Å². The van der Waals surface area contributed by atoms with Gasteiger partial charge >= 0.3 is 7.12 Å². The number of para-hydroxylation sites is 1. The first-order valence-corrected chi connectivity index (χ1v) is 7.61. The van der Waals surface area contributed by atoms with Crippen molar-refractivity contribution in [1.82, 2.24) is 4.57 Å². The highest BCUT2D eigenvalue weighted by atomic mass is 16.4. The van der Waals surface area contributed by atoms with E-state index >= 15 is 0 Å². The molecule has 0 unspecified atom stereocenters. The minimum atomic E-state index is -1.46. The van der Waals surface area contributed by atoms with E-state index in [0.29, 0.717) is 5.46 Å². The van der Waals surface area contributed by atoms with Crippen molar-refractivity contribution in [3.63, 3.8) is 0 Å². The second kappa shape index (κ2) is 5.27. The molecule has 3 aromatic carbocycles. The Morgan fingerprint density at radius 1 is 0.783 bits per heavy atom. The number of hydrogen-bond donors (Lipinski definition) is 2. The monoisotopic (exact) mass is 301 g/mol. The van der Waals surface area contributed by atoms with Crippen molar-refractivity contribution in [3.8, 4) is 5.69 Å². The molecule has 0 aliphatic rings. The molecule has 1 heterocycles. The van der Waals surface area contributed by atoms with Crippen LogP contribution >= 0.6 is 0 Å². The van der Waals surface area contributed by atoms with E-state index in [0.717, 1.165) is 27.5 Å². The predicted molar refractivity (Wildman–Crippen MR) is 95.3 cm³/mol. The number of aryl methyl sites for hydroxylation is 1. The zero-order valence-electron chi connectivity index (χ0n) is 12.8. The summed E-state index contributed by atoms with van der Waals surface area (Å²) >= 11 is 0. The van der Waals surface area contributed by atoms with Gasteiger partial charge in [-0.3, -0.25) is 0 Å². The SMILES string of the molecule is Cc1cccc(-n2c3ccccc3c3cc(B(O)O)ccc32)c1. The number of fused-ring (bicyclic) bond motifs is 3. The average Bonchev–Trinajstić information content (AvgIpc) is 2.88. The Morgan fingerprint density at radius 2 is 1.57 bits per heavy atom. The van der Waals surface area contributed by atoms with Crippen molar-refractivity contribution in [2.24, 2.45) is 0 Å². The minimum Gasteiger partial charge on any atom is -0.423 e. The minimum absolute atomic E-state index is 0.504. The highest BCUT2D eigenvalue weighted by Gasteiger charge is 2.16. The van der Waals surface area contributed by atoms with Gasteiger partial charge in [0.2, 0.25) is 0 Å². The van der Waals surface area contributed by atoms with Crippen LogP contribution < -0.4 is 5.46 Å². The van der Waals surface area contributed by atoms with E-state index in [1.54, 1.807) is 6.07 Å². The van der Waals surface area contributed by atoms with Gasteiger partial charge in [-0.2, -0.15) is 0 Å². The van der Waals surface area contributed by atoms with Gasteiger partial charge in [0.15, 0.2) is 0 Å². The van der Waals surface area contributed by atoms with Crippen LogP contribution in [0.4, 0.5) is 0 Å². The lowest BCUT2D eigenvalue weighted by Crippen LogP contribution is -2.29. The zero-order valence-corrected chi connectivity index (χ0v) is 12.8. The summed E-state index contributed by atoms with van der Waals surface area (Å²) in [6, 6.07) is 22.1. The third-order valence-electron chi connectivity index (χ3n) is 4.25. The molecule has 0 saturated carbocycles. The van der Waals surface area contributed by atoms with Crippen LogP contribution in [0.1, 0.15) is 5.56 Å². The maximum atomic E-state index is 9.46. The molecule has 4 aromatic rings.